The number of aromatic amines is 1. The number of carbonyl (C=O) groups excluding carboxylic acids is 2. The molecule has 4 rings (SSSR count). The molecular formula is C19H22N4O2. The first-order valence-electron chi connectivity index (χ1n) is 8.45. The van der Waals surface area contributed by atoms with Gasteiger partial charge in [0.1, 0.15) is 5.41 Å². The molecule has 1 saturated heterocycles. The minimum atomic E-state index is -0.937. The summed E-state index contributed by atoms with van der Waals surface area (Å²) >= 11 is 0. The second-order valence-corrected chi connectivity index (χ2v) is 7.05. The van der Waals surface area contributed by atoms with E-state index in [2.05, 4.69) is 22.9 Å². The summed E-state index contributed by atoms with van der Waals surface area (Å²) in [7, 11) is 3.20. The van der Waals surface area contributed by atoms with Crippen molar-refractivity contribution in [1.82, 2.24) is 20.1 Å². The summed E-state index contributed by atoms with van der Waals surface area (Å²) in [5.74, 6) is -0.232. The molecule has 1 aromatic carbocycles. The van der Waals surface area contributed by atoms with E-state index in [4.69, 9.17) is 0 Å². The summed E-state index contributed by atoms with van der Waals surface area (Å²) in [4.78, 5) is 31.5. The molecule has 130 valence electrons. The van der Waals surface area contributed by atoms with Crippen LogP contribution >= 0.6 is 0 Å². The smallest absolute Gasteiger partial charge is 0.330 e. The summed E-state index contributed by atoms with van der Waals surface area (Å²) < 4.78 is 0. The predicted octanol–water partition coefficient (Wildman–Crippen LogP) is 2.40. The number of rotatable bonds is 1. The number of carbonyl (C=O) groups is 2. The van der Waals surface area contributed by atoms with Gasteiger partial charge in [0.15, 0.2) is 0 Å². The number of para-hydroxylation sites is 1. The Kier molecular flexibility index (Phi) is 3.30. The molecular weight excluding hydrogens is 316 g/mol. The molecule has 0 spiro atoms. The first-order chi connectivity index (χ1) is 11.9. The van der Waals surface area contributed by atoms with Crippen LogP contribution in [0.15, 0.2) is 36.5 Å². The molecule has 2 atom stereocenters. The van der Waals surface area contributed by atoms with Crippen molar-refractivity contribution in [2.24, 2.45) is 5.41 Å². The van der Waals surface area contributed by atoms with Crippen LogP contribution in [0.5, 0.6) is 0 Å². The van der Waals surface area contributed by atoms with E-state index in [-0.39, 0.29) is 18.0 Å². The summed E-state index contributed by atoms with van der Waals surface area (Å²) in [5.41, 5.74) is 2.90. The van der Waals surface area contributed by atoms with Gasteiger partial charge in [-0.1, -0.05) is 24.8 Å². The summed E-state index contributed by atoms with van der Waals surface area (Å²) in [6.07, 6.45) is 0.900. The number of nitrogens with one attached hydrogen (secondary N) is 2. The van der Waals surface area contributed by atoms with Gasteiger partial charge in [0.2, 0.25) is 5.91 Å². The van der Waals surface area contributed by atoms with E-state index in [0.29, 0.717) is 5.70 Å². The van der Waals surface area contributed by atoms with E-state index in [9.17, 15) is 9.59 Å². The van der Waals surface area contributed by atoms with E-state index >= 15 is 0 Å². The van der Waals surface area contributed by atoms with Crippen LogP contribution < -0.4 is 5.32 Å². The third-order valence-corrected chi connectivity index (χ3v) is 5.76. The zero-order chi connectivity index (χ0) is 17.9. The fourth-order valence-corrected chi connectivity index (χ4v) is 4.21. The van der Waals surface area contributed by atoms with Crippen molar-refractivity contribution >= 4 is 22.8 Å². The van der Waals surface area contributed by atoms with Gasteiger partial charge in [-0.15, -0.1) is 0 Å². The SMILES string of the molecule is C=C1N(C)C(=O)N(C)C(=O)C1(C)C1NCCc2c1[nH]c1ccccc21. The molecule has 0 bridgehead atoms. The van der Waals surface area contributed by atoms with Crippen LogP contribution in [0.4, 0.5) is 4.79 Å². The van der Waals surface area contributed by atoms with Crippen LogP contribution in [-0.4, -0.2) is 47.4 Å². The lowest BCUT2D eigenvalue weighted by Gasteiger charge is -2.48. The van der Waals surface area contributed by atoms with Gasteiger partial charge in [-0.25, -0.2) is 4.79 Å². The Morgan fingerprint density at radius 3 is 2.68 bits per heavy atom. The number of H-pyrrole nitrogens is 1. The molecule has 6 nitrogen and oxygen atoms in total. The Morgan fingerprint density at radius 1 is 1.20 bits per heavy atom. The lowest BCUT2D eigenvalue weighted by molar-refractivity contribution is -0.140. The second-order valence-electron chi connectivity index (χ2n) is 7.05. The monoisotopic (exact) mass is 338 g/mol. The van der Waals surface area contributed by atoms with Crippen LogP contribution in [-0.2, 0) is 11.2 Å². The van der Waals surface area contributed by atoms with E-state index in [0.717, 1.165) is 24.2 Å². The lowest BCUT2D eigenvalue weighted by Crippen LogP contribution is -2.61. The van der Waals surface area contributed by atoms with Crippen LogP contribution in [0.25, 0.3) is 10.9 Å². The van der Waals surface area contributed by atoms with Crippen molar-refractivity contribution in [1.29, 1.82) is 0 Å². The maximum atomic E-state index is 13.1. The molecule has 6 heteroatoms. The largest absolute Gasteiger partial charge is 0.357 e. The minimum absolute atomic E-state index is 0.232. The van der Waals surface area contributed by atoms with Gasteiger partial charge in [0.05, 0.1) is 6.04 Å². The van der Waals surface area contributed by atoms with E-state index in [1.807, 2.05) is 25.1 Å². The highest BCUT2D eigenvalue weighted by Crippen LogP contribution is 2.47. The van der Waals surface area contributed by atoms with Crippen molar-refractivity contribution in [2.75, 3.05) is 20.6 Å². The number of amides is 3. The molecule has 25 heavy (non-hydrogen) atoms. The number of imide groups is 1. The molecule has 1 fully saturated rings. The summed E-state index contributed by atoms with van der Waals surface area (Å²) in [6, 6.07) is 7.57. The number of urea groups is 1. The van der Waals surface area contributed by atoms with E-state index in [1.54, 1.807) is 7.05 Å². The van der Waals surface area contributed by atoms with Crippen molar-refractivity contribution in [3.8, 4) is 0 Å². The van der Waals surface area contributed by atoms with Crippen LogP contribution in [0.1, 0.15) is 24.2 Å². The van der Waals surface area contributed by atoms with Gasteiger partial charge >= 0.3 is 6.03 Å². The zero-order valence-corrected chi connectivity index (χ0v) is 14.7. The molecule has 2 unspecified atom stereocenters. The third-order valence-electron chi connectivity index (χ3n) is 5.76. The Labute approximate surface area is 146 Å². The average molecular weight is 338 g/mol. The van der Waals surface area contributed by atoms with Gasteiger partial charge in [0, 0.05) is 36.4 Å². The summed E-state index contributed by atoms with van der Waals surface area (Å²) in [5, 5.41) is 4.68. The fourth-order valence-electron chi connectivity index (χ4n) is 4.21. The lowest BCUT2D eigenvalue weighted by atomic mass is 9.73. The molecule has 0 aliphatic carbocycles. The van der Waals surface area contributed by atoms with Gasteiger partial charge in [-0.2, -0.15) is 0 Å². The zero-order valence-electron chi connectivity index (χ0n) is 14.7. The maximum Gasteiger partial charge on any atom is 0.330 e. The van der Waals surface area contributed by atoms with Gasteiger partial charge in [-0.3, -0.25) is 9.69 Å². The van der Waals surface area contributed by atoms with Crippen molar-refractivity contribution in [2.45, 2.75) is 19.4 Å². The first-order valence-corrected chi connectivity index (χ1v) is 8.45. The van der Waals surface area contributed by atoms with E-state index in [1.165, 1.54) is 27.8 Å². The Hall–Kier alpha value is -2.60. The molecule has 1 aromatic heterocycles. The number of hydrogen-bond acceptors (Lipinski definition) is 3. The quantitative estimate of drug-likeness (QED) is 0.839. The van der Waals surface area contributed by atoms with Gasteiger partial charge in [-0.05, 0) is 31.5 Å². The third kappa shape index (κ3) is 1.94. The molecule has 2 aromatic rings. The highest BCUT2D eigenvalue weighted by atomic mass is 16.2. The topological polar surface area (TPSA) is 68.4 Å². The molecule has 0 saturated carbocycles. The summed E-state index contributed by atoms with van der Waals surface area (Å²) in [6.45, 7) is 6.73. The van der Waals surface area contributed by atoms with Crippen LogP contribution in [0.3, 0.4) is 0 Å². The van der Waals surface area contributed by atoms with Gasteiger partial charge in [0.25, 0.3) is 0 Å². The fraction of sp³-hybridized carbons (Fsp3) is 0.368. The maximum absolute atomic E-state index is 13.1. The highest BCUT2D eigenvalue weighted by molar-refractivity contribution is 6.03. The highest BCUT2D eigenvalue weighted by Gasteiger charge is 2.54. The standard InChI is InChI=1S/C19H22N4O2/c1-11-19(2,17(24)23(4)18(25)22(11)3)16-15-13(9-10-20-16)12-7-5-6-8-14(12)21-15/h5-8,16,20-21H,1,9-10H2,2-4H3. The van der Waals surface area contributed by atoms with Crippen LogP contribution in [0, 0.1) is 5.41 Å². The first kappa shape index (κ1) is 15.9. The normalized spacial score (nSPS) is 27.2. The number of hydrogen-bond donors (Lipinski definition) is 2. The minimum Gasteiger partial charge on any atom is -0.357 e. The predicted molar refractivity (Wildman–Crippen MR) is 95.9 cm³/mol. The molecule has 2 aliphatic rings. The number of benzene rings is 1. The Bertz CT molecular complexity index is 889. The van der Waals surface area contributed by atoms with Crippen molar-refractivity contribution in [3.05, 3.63) is 47.8 Å². The Balaban J connectivity index is 1.89. The van der Waals surface area contributed by atoms with Crippen molar-refractivity contribution in [3.63, 3.8) is 0 Å². The number of fused-ring (bicyclic) bond motifs is 3. The molecule has 2 N–H and O–H groups in total. The number of nitrogens with zero attached hydrogens (tertiary/aromatic N) is 2. The van der Waals surface area contributed by atoms with Gasteiger partial charge < -0.3 is 15.2 Å². The second kappa shape index (κ2) is 5.20. The molecule has 3 amide bonds. The van der Waals surface area contributed by atoms with Crippen LogP contribution in [0.2, 0.25) is 0 Å². The molecule has 2 aliphatic heterocycles. The average Bonchev–Trinajstić information content (AvgIpc) is 3.02. The number of aromatic nitrogens is 1. The molecule has 3 heterocycles. The van der Waals surface area contributed by atoms with Crippen molar-refractivity contribution < 1.29 is 9.59 Å². The Morgan fingerprint density at radius 2 is 1.92 bits per heavy atom. The molecule has 0 radical (unpaired) electrons. The van der Waals surface area contributed by atoms with E-state index < -0.39 is 5.41 Å².